The monoisotopic (exact) mass is 188 g/mol. The van der Waals surface area contributed by atoms with Crippen LogP contribution < -0.4 is 5.32 Å². The van der Waals surface area contributed by atoms with Crippen molar-refractivity contribution >= 4 is 23.6 Å². The van der Waals surface area contributed by atoms with Crippen molar-refractivity contribution < 1.29 is 9.59 Å². The second kappa shape index (κ2) is 3.91. The Bertz CT molecular complexity index is 208. The molecule has 1 saturated heterocycles. The van der Waals surface area contributed by atoms with E-state index in [1.54, 1.807) is 7.05 Å². The maximum atomic E-state index is 11.4. The molecule has 1 aliphatic heterocycles. The molecule has 1 aliphatic rings. The quantitative estimate of drug-likeness (QED) is 0.615. The molecule has 2 amide bonds. The first-order valence-electron chi connectivity index (χ1n) is 3.72. The van der Waals surface area contributed by atoms with Crippen LogP contribution in [0.2, 0.25) is 0 Å². The Balaban J connectivity index is 2.64. The van der Waals surface area contributed by atoms with Gasteiger partial charge >= 0.3 is 0 Å². The Morgan fingerprint density at radius 3 is 2.75 bits per heavy atom. The number of imide groups is 1. The number of nitrogens with zero attached hydrogens (tertiary/aromatic N) is 1. The topological polar surface area (TPSA) is 49.4 Å². The van der Waals surface area contributed by atoms with E-state index in [0.717, 1.165) is 0 Å². The lowest BCUT2D eigenvalue weighted by Crippen LogP contribution is -2.37. The van der Waals surface area contributed by atoms with Crippen LogP contribution in [0.4, 0.5) is 0 Å². The molecular weight excluding hydrogens is 176 g/mol. The number of rotatable bonds is 3. The van der Waals surface area contributed by atoms with Gasteiger partial charge in [0.25, 0.3) is 0 Å². The van der Waals surface area contributed by atoms with Crippen LogP contribution >= 0.6 is 11.8 Å². The second-order valence-corrected chi connectivity index (χ2v) is 3.64. The van der Waals surface area contributed by atoms with Crippen molar-refractivity contribution in [3.05, 3.63) is 0 Å². The van der Waals surface area contributed by atoms with Crippen LogP contribution in [0, 0.1) is 0 Å². The summed E-state index contributed by atoms with van der Waals surface area (Å²) in [6, 6.07) is 0. The molecule has 0 saturated carbocycles. The van der Waals surface area contributed by atoms with Gasteiger partial charge in [0.1, 0.15) is 0 Å². The van der Waals surface area contributed by atoms with Gasteiger partial charge in [-0.05, 0) is 13.3 Å². The molecule has 0 radical (unpaired) electrons. The average Bonchev–Trinajstić information content (AvgIpc) is 2.32. The lowest BCUT2D eigenvalue weighted by atomic mass is 10.4. The molecule has 5 heteroatoms. The predicted octanol–water partition coefficient (Wildman–Crippen LogP) is -0.346. The molecule has 1 heterocycles. The largest absolute Gasteiger partial charge is 0.302 e. The average molecular weight is 188 g/mol. The highest BCUT2D eigenvalue weighted by atomic mass is 32.2. The van der Waals surface area contributed by atoms with Gasteiger partial charge in [-0.1, -0.05) is 0 Å². The van der Waals surface area contributed by atoms with Gasteiger partial charge in [0, 0.05) is 6.42 Å². The summed E-state index contributed by atoms with van der Waals surface area (Å²) in [6.07, 6.45) is 2.19. The standard InChI is InChI=1S/C7H12N2O2S/c1-8-4-9-6(10)3-5(12-2)7(9)11/h5,8H,3-4H2,1-2H3. The summed E-state index contributed by atoms with van der Waals surface area (Å²) in [4.78, 5) is 23.8. The fourth-order valence-corrected chi connectivity index (χ4v) is 1.80. The van der Waals surface area contributed by atoms with E-state index in [4.69, 9.17) is 0 Å². The van der Waals surface area contributed by atoms with E-state index in [-0.39, 0.29) is 17.1 Å². The van der Waals surface area contributed by atoms with E-state index in [1.807, 2.05) is 6.26 Å². The van der Waals surface area contributed by atoms with Crippen LogP contribution in [0.1, 0.15) is 6.42 Å². The lowest BCUT2D eigenvalue weighted by Gasteiger charge is -2.12. The second-order valence-electron chi connectivity index (χ2n) is 2.60. The molecule has 0 aromatic heterocycles. The summed E-state index contributed by atoms with van der Waals surface area (Å²) in [5, 5.41) is 2.63. The van der Waals surface area contributed by atoms with Crippen LogP contribution in [0.15, 0.2) is 0 Å². The van der Waals surface area contributed by atoms with E-state index in [9.17, 15) is 9.59 Å². The minimum absolute atomic E-state index is 0.0677. The van der Waals surface area contributed by atoms with E-state index in [1.165, 1.54) is 16.7 Å². The minimum atomic E-state index is -0.161. The third-order valence-electron chi connectivity index (χ3n) is 1.80. The van der Waals surface area contributed by atoms with Crippen molar-refractivity contribution in [1.29, 1.82) is 0 Å². The lowest BCUT2D eigenvalue weighted by molar-refractivity contribution is -0.138. The molecular formula is C7H12N2O2S. The molecule has 68 valence electrons. The summed E-state index contributed by atoms with van der Waals surface area (Å²) in [7, 11) is 1.72. The maximum Gasteiger partial charge on any atom is 0.243 e. The van der Waals surface area contributed by atoms with Gasteiger partial charge in [-0.3, -0.25) is 14.5 Å². The minimum Gasteiger partial charge on any atom is -0.302 e. The highest BCUT2D eigenvalue weighted by Crippen LogP contribution is 2.21. The van der Waals surface area contributed by atoms with Gasteiger partial charge in [-0.25, -0.2) is 0 Å². The summed E-state index contributed by atoms with van der Waals surface area (Å²) < 4.78 is 0. The van der Waals surface area contributed by atoms with E-state index < -0.39 is 0 Å². The fourth-order valence-electron chi connectivity index (χ4n) is 1.16. The Labute approximate surface area is 75.7 Å². The van der Waals surface area contributed by atoms with Gasteiger partial charge in [0.2, 0.25) is 11.8 Å². The molecule has 1 unspecified atom stereocenters. The number of amides is 2. The smallest absolute Gasteiger partial charge is 0.243 e. The molecule has 1 atom stereocenters. The van der Waals surface area contributed by atoms with Crippen LogP contribution in [0.3, 0.4) is 0 Å². The SMILES string of the molecule is CNCN1C(=O)CC(SC)C1=O. The summed E-state index contributed by atoms with van der Waals surface area (Å²) in [5.41, 5.74) is 0. The Kier molecular flexibility index (Phi) is 3.11. The zero-order chi connectivity index (χ0) is 9.14. The third kappa shape index (κ3) is 1.61. The molecule has 1 N–H and O–H groups in total. The highest BCUT2D eigenvalue weighted by molar-refractivity contribution is 8.00. The van der Waals surface area contributed by atoms with E-state index in [0.29, 0.717) is 13.1 Å². The van der Waals surface area contributed by atoms with Crippen molar-refractivity contribution in [3.8, 4) is 0 Å². The first-order chi connectivity index (χ1) is 5.70. The molecule has 0 bridgehead atoms. The van der Waals surface area contributed by atoms with Crippen molar-refractivity contribution in [3.63, 3.8) is 0 Å². The number of thioether (sulfide) groups is 1. The zero-order valence-corrected chi connectivity index (χ0v) is 7.98. The van der Waals surface area contributed by atoms with Crippen molar-refractivity contribution in [2.75, 3.05) is 20.0 Å². The number of hydrogen-bond acceptors (Lipinski definition) is 4. The number of carbonyl (C=O) groups excluding carboxylic acids is 2. The Morgan fingerprint density at radius 2 is 2.33 bits per heavy atom. The Hall–Kier alpha value is -0.550. The number of carbonyl (C=O) groups is 2. The zero-order valence-electron chi connectivity index (χ0n) is 7.16. The highest BCUT2D eigenvalue weighted by Gasteiger charge is 2.37. The van der Waals surface area contributed by atoms with Crippen molar-refractivity contribution in [2.24, 2.45) is 0 Å². The van der Waals surface area contributed by atoms with Gasteiger partial charge in [0.05, 0.1) is 11.9 Å². The van der Waals surface area contributed by atoms with E-state index in [2.05, 4.69) is 5.32 Å². The number of likely N-dealkylation sites (tertiary alicyclic amines) is 1. The predicted molar refractivity (Wildman–Crippen MR) is 47.7 cm³/mol. The molecule has 0 spiro atoms. The van der Waals surface area contributed by atoms with Crippen LogP contribution in [0.5, 0.6) is 0 Å². The first-order valence-corrected chi connectivity index (χ1v) is 5.01. The van der Waals surface area contributed by atoms with Crippen molar-refractivity contribution in [1.82, 2.24) is 10.2 Å². The van der Waals surface area contributed by atoms with Gasteiger partial charge in [-0.2, -0.15) is 11.8 Å². The van der Waals surface area contributed by atoms with Crippen molar-refractivity contribution in [2.45, 2.75) is 11.7 Å². The van der Waals surface area contributed by atoms with E-state index >= 15 is 0 Å². The number of nitrogens with one attached hydrogen (secondary N) is 1. The first kappa shape index (κ1) is 9.54. The van der Waals surface area contributed by atoms with Gasteiger partial charge < -0.3 is 5.32 Å². The normalized spacial score (nSPS) is 23.8. The summed E-state index contributed by atoms with van der Waals surface area (Å²) in [5.74, 6) is -0.143. The van der Waals surface area contributed by atoms with Crippen LogP contribution in [-0.2, 0) is 9.59 Å². The van der Waals surface area contributed by atoms with Gasteiger partial charge in [-0.15, -0.1) is 0 Å². The third-order valence-corrected chi connectivity index (χ3v) is 2.74. The number of hydrogen-bond donors (Lipinski definition) is 1. The summed E-state index contributed by atoms with van der Waals surface area (Å²) >= 11 is 1.43. The molecule has 0 aromatic carbocycles. The van der Waals surface area contributed by atoms with Crippen LogP contribution in [0.25, 0.3) is 0 Å². The van der Waals surface area contributed by atoms with Gasteiger partial charge in [0.15, 0.2) is 0 Å². The van der Waals surface area contributed by atoms with Crippen LogP contribution in [-0.4, -0.2) is 41.9 Å². The molecule has 12 heavy (non-hydrogen) atoms. The molecule has 1 fully saturated rings. The molecule has 0 aliphatic carbocycles. The Morgan fingerprint density at radius 1 is 1.67 bits per heavy atom. The molecule has 0 aromatic rings. The molecule has 4 nitrogen and oxygen atoms in total. The fraction of sp³-hybridized carbons (Fsp3) is 0.714. The summed E-state index contributed by atoms with van der Waals surface area (Å²) in [6.45, 7) is 0.328. The maximum absolute atomic E-state index is 11.4. The molecule has 1 rings (SSSR count).